The first-order valence-corrected chi connectivity index (χ1v) is 12.1. The van der Waals surface area contributed by atoms with E-state index < -0.39 is 9.84 Å². The maximum atomic E-state index is 13.0. The minimum absolute atomic E-state index is 0.304. The SMILES string of the molecule is O=S(=O)(c1ccc(Sc2ccccc2)cc1)c1ccc(Sc2ccccc2)cc1. The monoisotopic (exact) mass is 434 g/mol. The molecule has 2 nitrogen and oxygen atoms in total. The van der Waals surface area contributed by atoms with Crippen LogP contribution in [0.25, 0.3) is 0 Å². The van der Waals surface area contributed by atoms with E-state index >= 15 is 0 Å². The van der Waals surface area contributed by atoms with Crippen LogP contribution in [0.15, 0.2) is 139 Å². The van der Waals surface area contributed by atoms with Gasteiger partial charge >= 0.3 is 0 Å². The summed E-state index contributed by atoms with van der Waals surface area (Å²) in [6, 6.07) is 34.1. The summed E-state index contributed by atoms with van der Waals surface area (Å²) in [5, 5.41) is 0. The van der Waals surface area contributed by atoms with Crippen LogP contribution >= 0.6 is 23.5 Å². The van der Waals surface area contributed by atoms with Gasteiger partial charge in [0, 0.05) is 19.6 Å². The zero-order chi connectivity index (χ0) is 20.1. The molecule has 0 unspecified atom stereocenters. The van der Waals surface area contributed by atoms with Crippen LogP contribution in [-0.2, 0) is 9.84 Å². The van der Waals surface area contributed by atoms with Crippen LogP contribution in [0.2, 0.25) is 0 Å². The van der Waals surface area contributed by atoms with Crippen molar-refractivity contribution in [1.29, 1.82) is 0 Å². The summed E-state index contributed by atoms with van der Waals surface area (Å²) in [6.45, 7) is 0. The van der Waals surface area contributed by atoms with E-state index in [2.05, 4.69) is 0 Å². The summed E-state index contributed by atoms with van der Waals surface area (Å²) in [7, 11) is -3.54. The highest BCUT2D eigenvalue weighted by atomic mass is 32.2. The average Bonchev–Trinajstić information content (AvgIpc) is 2.76. The lowest BCUT2D eigenvalue weighted by Crippen LogP contribution is -2.01. The van der Waals surface area contributed by atoms with Crippen LogP contribution in [0.1, 0.15) is 0 Å². The van der Waals surface area contributed by atoms with Gasteiger partial charge in [-0.3, -0.25) is 0 Å². The average molecular weight is 435 g/mol. The highest BCUT2D eigenvalue weighted by Gasteiger charge is 2.17. The second-order valence-electron chi connectivity index (χ2n) is 6.28. The molecule has 4 rings (SSSR count). The van der Waals surface area contributed by atoms with E-state index in [1.54, 1.807) is 47.8 Å². The molecule has 0 aromatic heterocycles. The van der Waals surface area contributed by atoms with Gasteiger partial charge in [-0.05, 0) is 72.8 Å². The summed E-state index contributed by atoms with van der Waals surface area (Å²) >= 11 is 3.22. The normalized spacial score (nSPS) is 11.3. The van der Waals surface area contributed by atoms with Gasteiger partial charge in [-0.15, -0.1) is 0 Å². The van der Waals surface area contributed by atoms with Gasteiger partial charge in [-0.2, -0.15) is 0 Å². The lowest BCUT2D eigenvalue weighted by atomic mass is 10.4. The fourth-order valence-corrected chi connectivity index (χ4v) is 5.70. The Bertz CT molecular complexity index is 1080. The molecule has 0 aliphatic carbocycles. The van der Waals surface area contributed by atoms with E-state index in [4.69, 9.17) is 0 Å². The van der Waals surface area contributed by atoms with Crippen molar-refractivity contribution in [2.45, 2.75) is 29.4 Å². The van der Waals surface area contributed by atoms with Gasteiger partial charge in [-0.25, -0.2) is 8.42 Å². The largest absolute Gasteiger partial charge is 0.219 e. The maximum Gasteiger partial charge on any atom is 0.206 e. The highest BCUT2D eigenvalue weighted by molar-refractivity contribution is 7.99. The molecule has 0 spiro atoms. The van der Waals surface area contributed by atoms with E-state index in [0.717, 1.165) is 19.6 Å². The van der Waals surface area contributed by atoms with Crippen molar-refractivity contribution < 1.29 is 8.42 Å². The molecule has 0 aliphatic rings. The van der Waals surface area contributed by atoms with E-state index in [9.17, 15) is 8.42 Å². The van der Waals surface area contributed by atoms with Crippen LogP contribution in [0, 0.1) is 0 Å². The van der Waals surface area contributed by atoms with Gasteiger partial charge in [0.05, 0.1) is 9.79 Å². The molecule has 0 bridgehead atoms. The predicted octanol–water partition coefficient (Wildman–Crippen LogP) is 6.82. The second-order valence-corrected chi connectivity index (χ2v) is 10.5. The minimum Gasteiger partial charge on any atom is -0.219 e. The Morgan fingerprint density at radius 1 is 0.414 bits per heavy atom. The zero-order valence-electron chi connectivity index (χ0n) is 15.4. The summed E-state index contributed by atoms with van der Waals surface area (Å²) in [6.07, 6.45) is 0. The first-order valence-electron chi connectivity index (χ1n) is 9.02. The zero-order valence-corrected chi connectivity index (χ0v) is 17.9. The number of benzene rings is 4. The molecule has 0 N–H and O–H groups in total. The molecule has 144 valence electrons. The van der Waals surface area contributed by atoms with Crippen molar-refractivity contribution in [2.75, 3.05) is 0 Å². The van der Waals surface area contributed by atoms with E-state index in [1.807, 2.05) is 84.9 Å². The summed E-state index contributed by atoms with van der Waals surface area (Å²) in [5.41, 5.74) is 0. The van der Waals surface area contributed by atoms with Crippen LogP contribution in [0.4, 0.5) is 0 Å². The number of hydrogen-bond donors (Lipinski definition) is 0. The van der Waals surface area contributed by atoms with Gasteiger partial charge in [-0.1, -0.05) is 59.9 Å². The van der Waals surface area contributed by atoms with Crippen LogP contribution in [-0.4, -0.2) is 8.42 Å². The molecule has 0 aliphatic heterocycles. The number of sulfone groups is 1. The summed E-state index contributed by atoms with van der Waals surface area (Å²) in [4.78, 5) is 4.86. The Hall–Kier alpha value is -2.47. The Labute approximate surface area is 179 Å². The lowest BCUT2D eigenvalue weighted by Gasteiger charge is -2.08. The van der Waals surface area contributed by atoms with E-state index in [0.29, 0.717) is 9.79 Å². The smallest absolute Gasteiger partial charge is 0.206 e. The first-order chi connectivity index (χ1) is 14.1. The molecule has 0 atom stereocenters. The standard InChI is InChI=1S/C24H18O2S3/c25-29(26,23-15-11-21(12-16-23)27-19-7-3-1-4-8-19)24-17-13-22(14-18-24)28-20-9-5-2-6-10-20/h1-18H. The molecular formula is C24H18O2S3. The lowest BCUT2D eigenvalue weighted by molar-refractivity contribution is 0.596. The van der Waals surface area contributed by atoms with E-state index in [-0.39, 0.29) is 0 Å². The third kappa shape index (κ3) is 4.93. The van der Waals surface area contributed by atoms with Crippen molar-refractivity contribution >= 4 is 33.4 Å². The van der Waals surface area contributed by atoms with Crippen molar-refractivity contribution in [2.24, 2.45) is 0 Å². The van der Waals surface area contributed by atoms with Crippen LogP contribution < -0.4 is 0 Å². The van der Waals surface area contributed by atoms with Gasteiger partial charge < -0.3 is 0 Å². The molecular weight excluding hydrogens is 416 g/mol. The van der Waals surface area contributed by atoms with Crippen LogP contribution in [0.5, 0.6) is 0 Å². The molecule has 29 heavy (non-hydrogen) atoms. The topological polar surface area (TPSA) is 34.1 Å². The molecule has 0 radical (unpaired) electrons. The fourth-order valence-electron chi connectivity index (χ4n) is 2.76. The van der Waals surface area contributed by atoms with Gasteiger partial charge in [0.2, 0.25) is 9.84 Å². The third-order valence-electron chi connectivity index (χ3n) is 4.23. The quantitative estimate of drug-likeness (QED) is 0.333. The Balaban J connectivity index is 1.50. The van der Waals surface area contributed by atoms with Crippen molar-refractivity contribution in [3.63, 3.8) is 0 Å². The molecule has 4 aromatic rings. The van der Waals surface area contributed by atoms with Gasteiger partial charge in [0.15, 0.2) is 0 Å². The number of rotatable bonds is 6. The highest BCUT2D eigenvalue weighted by Crippen LogP contribution is 2.31. The fraction of sp³-hybridized carbons (Fsp3) is 0. The Morgan fingerprint density at radius 3 is 1.07 bits per heavy atom. The minimum atomic E-state index is -3.54. The third-order valence-corrected chi connectivity index (χ3v) is 8.04. The second kappa shape index (κ2) is 8.91. The molecule has 0 amide bonds. The Morgan fingerprint density at radius 2 is 0.724 bits per heavy atom. The van der Waals surface area contributed by atoms with Crippen molar-refractivity contribution in [1.82, 2.24) is 0 Å². The van der Waals surface area contributed by atoms with Gasteiger partial charge in [0.25, 0.3) is 0 Å². The van der Waals surface area contributed by atoms with Gasteiger partial charge in [0.1, 0.15) is 0 Å². The Kier molecular flexibility index (Phi) is 6.09. The predicted molar refractivity (Wildman–Crippen MR) is 119 cm³/mol. The molecule has 0 heterocycles. The summed E-state index contributed by atoms with van der Waals surface area (Å²) in [5.74, 6) is 0. The van der Waals surface area contributed by atoms with Crippen molar-refractivity contribution in [3.05, 3.63) is 109 Å². The molecule has 0 saturated carbocycles. The molecule has 0 saturated heterocycles. The maximum absolute atomic E-state index is 13.0. The number of hydrogen-bond acceptors (Lipinski definition) is 4. The molecule has 4 aromatic carbocycles. The van der Waals surface area contributed by atoms with E-state index in [1.165, 1.54) is 0 Å². The molecule has 5 heteroatoms. The van der Waals surface area contributed by atoms with Crippen molar-refractivity contribution in [3.8, 4) is 0 Å². The first kappa shape index (κ1) is 19.8. The molecule has 0 fully saturated rings. The van der Waals surface area contributed by atoms with Crippen LogP contribution in [0.3, 0.4) is 0 Å². The summed E-state index contributed by atoms with van der Waals surface area (Å²) < 4.78 is 25.9.